The lowest BCUT2D eigenvalue weighted by molar-refractivity contribution is 0.232. The molecule has 0 aromatic heterocycles. The van der Waals surface area contributed by atoms with E-state index in [9.17, 15) is 9.36 Å². The van der Waals surface area contributed by atoms with E-state index in [-0.39, 0.29) is 6.61 Å². The number of nitrogens with two attached hydrogens (primary N) is 1. The highest BCUT2D eigenvalue weighted by Gasteiger charge is 2.26. The zero-order valence-corrected chi connectivity index (χ0v) is 8.63. The van der Waals surface area contributed by atoms with Gasteiger partial charge in [0.25, 0.3) is 0 Å². The van der Waals surface area contributed by atoms with E-state index in [0.29, 0.717) is 6.42 Å². The summed E-state index contributed by atoms with van der Waals surface area (Å²) in [7, 11) is -4.17. The third-order valence-corrected chi connectivity index (χ3v) is 2.63. The molecule has 0 aromatic rings. The second-order valence-electron chi connectivity index (χ2n) is 2.75. The number of rotatable bonds is 7. The number of carbonyl (C=O) groups excluding carboxylic acids is 1. The average molecular weight is 209 g/mol. The number of hydrogen-bond acceptors (Lipinski definition) is 3. The summed E-state index contributed by atoms with van der Waals surface area (Å²) in [5.41, 5.74) is 3.35. The molecule has 0 fully saturated rings. The zero-order chi connectivity index (χ0) is 10.3. The molecule has 13 heavy (non-hydrogen) atoms. The molecule has 0 aliphatic heterocycles. The number of amides is 1. The first-order chi connectivity index (χ1) is 6.00. The van der Waals surface area contributed by atoms with Crippen molar-refractivity contribution in [2.24, 2.45) is 5.73 Å². The SMILES string of the molecule is CCCCCCOP(=O)(O)C(N)=O. The number of unbranched alkanes of at least 4 members (excludes halogenated alkanes) is 3. The van der Waals surface area contributed by atoms with Gasteiger partial charge >= 0.3 is 13.2 Å². The molecule has 1 amide bonds. The molecule has 78 valence electrons. The van der Waals surface area contributed by atoms with Gasteiger partial charge in [-0.05, 0) is 6.42 Å². The summed E-state index contributed by atoms with van der Waals surface area (Å²) in [4.78, 5) is 19.1. The van der Waals surface area contributed by atoms with Crippen LogP contribution in [0.1, 0.15) is 32.6 Å². The van der Waals surface area contributed by atoms with Crippen molar-refractivity contribution in [2.75, 3.05) is 6.61 Å². The lowest BCUT2D eigenvalue weighted by Crippen LogP contribution is -2.11. The maximum Gasteiger partial charge on any atom is 0.415 e. The maximum absolute atomic E-state index is 10.8. The molecular formula is C7H16NO4P. The Labute approximate surface area is 77.8 Å². The van der Waals surface area contributed by atoms with Crippen LogP contribution in [0.4, 0.5) is 4.79 Å². The minimum atomic E-state index is -4.17. The molecule has 0 saturated heterocycles. The Balaban J connectivity index is 3.53. The topological polar surface area (TPSA) is 89.6 Å². The Bertz CT molecular complexity index is 207. The van der Waals surface area contributed by atoms with Crippen molar-refractivity contribution in [2.45, 2.75) is 32.6 Å². The lowest BCUT2D eigenvalue weighted by atomic mass is 10.2. The normalized spacial score (nSPS) is 15.2. The summed E-state index contributed by atoms with van der Waals surface area (Å²) >= 11 is 0. The van der Waals surface area contributed by atoms with E-state index in [1.807, 2.05) is 0 Å². The monoisotopic (exact) mass is 209 g/mol. The van der Waals surface area contributed by atoms with Crippen molar-refractivity contribution in [3.63, 3.8) is 0 Å². The largest absolute Gasteiger partial charge is 0.415 e. The van der Waals surface area contributed by atoms with E-state index < -0.39 is 13.2 Å². The summed E-state index contributed by atoms with van der Waals surface area (Å²) in [6.45, 7) is 2.16. The Morgan fingerprint density at radius 2 is 2.08 bits per heavy atom. The lowest BCUT2D eigenvalue weighted by Gasteiger charge is -2.07. The molecule has 0 aliphatic rings. The van der Waals surface area contributed by atoms with Gasteiger partial charge in [0.05, 0.1) is 6.61 Å². The van der Waals surface area contributed by atoms with Gasteiger partial charge in [0, 0.05) is 0 Å². The molecule has 1 unspecified atom stereocenters. The van der Waals surface area contributed by atoms with Gasteiger partial charge in [-0.25, -0.2) is 4.57 Å². The van der Waals surface area contributed by atoms with Gasteiger partial charge < -0.3 is 15.2 Å². The molecule has 0 aliphatic carbocycles. The van der Waals surface area contributed by atoms with Gasteiger partial charge in [-0.3, -0.25) is 4.79 Å². The predicted molar refractivity (Wildman–Crippen MR) is 49.5 cm³/mol. The first kappa shape index (κ1) is 12.6. The van der Waals surface area contributed by atoms with Gasteiger partial charge in [-0.15, -0.1) is 0 Å². The molecular weight excluding hydrogens is 193 g/mol. The quantitative estimate of drug-likeness (QED) is 0.494. The van der Waals surface area contributed by atoms with E-state index in [0.717, 1.165) is 19.3 Å². The van der Waals surface area contributed by atoms with Crippen molar-refractivity contribution in [1.29, 1.82) is 0 Å². The number of primary amides is 1. The van der Waals surface area contributed by atoms with E-state index >= 15 is 0 Å². The van der Waals surface area contributed by atoms with E-state index in [1.165, 1.54) is 0 Å². The Hall–Kier alpha value is -0.380. The van der Waals surface area contributed by atoms with Crippen LogP contribution < -0.4 is 5.73 Å². The molecule has 0 spiro atoms. The molecule has 0 radical (unpaired) electrons. The van der Waals surface area contributed by atoms with Crippen LogP contribution in [0.2, 0.25) is 0 Å². The summed E-state index contributed by atoms with van der Waals surface area (Å²) in [5, 5.41) is 0. The van der Waals surface area contributed by atoms with Gasteiger partial charge in [0.2, 0.25) is 0 Å². The van der Waals surface area contributed by atoms with Crippen LogP contribution in [0.5, 0.6) is 0 Å². The molecule has 3 N–H and O–H groups in total. The first-order valence-electron chi connectivity index (χ1n) is 4.28. The fourth-order valence-corrected chi connectivity index (χ4v) is 1.28. The predicted octanol–water partition coefficient (Wildman–Crippen LogP) is 1.85. The van der Waals surface area contributed by atoms with Gasteiger partial charge in [-0.1, -0.05) is 26.2 Å². The second-order valence-corrected chi connectivity index (χ2v) is 4.49. The van der Waals surface area contributed by atoms with Gasteiger partial charge in [0.15, 0.2) is 0 Å². The van der Waals surface area contributed by atoms with Gasteiger partial charge in [-0.2, -0.15) is 0 Å². The van der Waals surface area contributed by atoms with Crippen molar-refractivity contribution in [1.82, 2.24) is 0 Å². The molecule has 1 atom stereocenters. The van der Waals surface area contributed by atoms with Crippen molar-refractivity contribution >= 4 is 13.2 Å². The molecule has 0 saturated carbocycles. The van der Waals surface area contributed by atoms with Crippen molar-refractivity contribution in [3.8, 4) is 0 Å². The summed E-state index contributed by atoms with van der Waals surface area (Å²) in [5.74, 6) is 0. The Morgan fingerprint density at radius 1 is 1.46 bits per heavy atom. The Morgan fingerprint density at radius 3 is 2.54 bits per heavy atom. The van der Waals surface area contributed by atoms with E-state index in [4.69, 9.17) is 4.89 Å². The fourth-order valence-electron chi connectivity index (χ4n) is 0.781. The molecule has 0 heterocycles. The average Bonchev–Trinajstić information content (AvgIpc) is 2.03. The third-order valence-electron chi connectivity index (χ3n) is 1.54. The van der Waals surface area contributed by atoms with E-state index in [2.05, 4.69) is 17.2 Å². The van der Waals surface area contributed by atoms with Crippen molar-refractivity contribution in [3.05, 3.63) is 0 Å². The molecule has 5 nitrogen and oxygen atoms in total. The van der Waals surface area contributed by atoms with Crippen LogP contribution in [0.3, 0.4) is 0 Å². The minimum Gasteiger partial charge on any atom is -0.359 e. The molecule has 6 heteroatoms. The number of hydrogen-bond donors (Lipinski definition) is 2. The molecule has 0 rings (SSSR count). The zero-order valence-electron chi connectivity index (χ0n) is 7.73. The minimum absolute atomic E-state index is 0.108. The molecule has 0 aromatic carbocycles. The van der Waals surface area contributed by atoms with Crippen LogP contribution >= 0.6 is 7.60 Å². The van der Waals surface area contributed by atoms with Crippen LogP contribution in [0.15, 0.2) is 0 Å². The smallest absolute Gasteiger partial charge is 0.359 e. The Kier molecular flexibility index (Phi) is 5.95. The standard InChI is InChI=1S/C7H16NO4P/c1-2-3-4-5-6-12-13(10,11)7(8)9/h2-6H2,1H3,(H2,8,9)(H,10,11). The highest BCUT2D eigenvalue weighted by atomic mass is 31.2. The fraction of sp³-hybridized carbons (Fsp3) is 0.857. The van der Waals surface area contributed by atoms with Crippen LogP contribution in [0, 0.1) is 0 Å². The highest BCUT2D eigenvalue weighted by molar-refractivity contribution is 7.70. The van der Waals surface area contributed by atoms with Crippen LogP contribution in [-0.4, -0.2) is 17.1 Å². The van der Waals surface area contributed by atoms with E-state index in [1.54, 1.807) is 0 Å². The maximum atomic E-state index is 10.8. The first-order valence-corrected chi connectivity index (χ1v) is 5.85. The van der Waals surface area contributed by atoms with Gasteiger partial charge in [0.1, 0.15) is 0 Å². The van der Waals surface area contributed by atoms with Crippen molar-refractivity contribution < 1.29 is 18.8 Å². The number of carbonyl (C=O) groups is 1. The highest BCUT2D eigenvalue weighted by Crippen LogP contribution is 2.41. The second kappa shape index (κ2) is 6.13. The molecule has 0 bridgehead atoms. The van der Waals surface area contributed by atoms with Crippen LogP contribution in [0.25, 0.3) is 0 Å². The van der Waals surface area contributed by atoms with Crippen LogP contribution in [-0.2, 0) is 9.09 Å². The summed E-state index contributed by atoms with van der Waals surface area (Å²) in [6, 6.07) is 0. The summed E-state index contributed by atoms with van der Waals surface area (Å²) in [6.07, 6.45) is 3.73. The summed E-state index contributed by atoms with van der Waals surface area (Å²) < 4.78 is 15.3. The third kappa shape index (κ3) is 5.80.